The molecular weight excluding hydrogens is 393 g/mol. The van der Waals surface area contributed by atoms with Crippen LogP contribution in [0.2, 0.25) is 0 Å². The topological polar surface area (TPSA) is 84.0 Å². The molecule has 2 aromatic heterocycles. The maximum absolute atomic E-state index is 15.0. The third-order valence-electron chi connectivity index (χ3n) is 5.12. The maximum atomic E-state index is 15.0. The van der Waals surface area contributed by atoms with Gasteiger partial charge in [0.25, 0.3) is 5.56 Å². The molecule has 4 aromatic rings. The first kappa shape index (κ1) is 17.8. The second-order valence-electron chi connectivity index (χ2n) is 7.25. The Morgan fingerprint density at radius 2 is 2.03 bits per heavy atom. The van der Waals surface area contributed by atoms with Crippen molar-refractivity contribution in [2.24, 2.45) is 0 Å². The number of carbonyl (C=O) groups excluding carboxylic acids is 1. The minimum absolute atomic E-state index is 0.0919. The third kappa shape index (κ3) is 2.87. The summed E-state index contributed by atoms with van der Waals surface area (Å²) in [5.41, 5.74) is 1.22. The summed E-state index contributed by atoms with van der Waals surface area (Å²) in [7, 11) is 0. The van der Waals surface area contributed by atoms with Gasteiger partial charge in [0.15, 0.2) is 0 Å². The highest BCUT2D eigenvalue weighted by Gasteiger charge is 2.29. The first-order valence-corrected chi connectivity index (χ1v) is 10.0. The molecule has 6 nitrogen and oxygen atoms in total. The number of amides is 1. The van der Waals surface area contributed by atoms with Gasteiger partial charge in [-0.15, -0.1) is 0 Å². The minimum Gasteiger partial charge on any atom is -0.328 e. The van der Waals surface area contributed by atoms with Crippen LogP contribution in [0.5, 0.6) is 0 Å². The van der Waals surface area contributed by atoms with Gasteiger partial charge in [-0.25, -0.2) is 4.39 Å². The van der Waals surface area contributed by atoms with Crippen molar-refractivity contribution < 1.29 is 9.18 Å². The number of hydrogen-bond acceptors (Lipinski definition) is 4. The summed E-state index contributed by atoms with van der Waals surface area (Å²) in [6, 6.07) is 9.98. The standard InChI is InChI=1S/C21H16FN3O3S/c1-10(26)23-12-4-2-3-11(7-12)14-9-17-15(8-16(14)22)19(27)18-20(28)24-29-21(18)25(17)13-5-6-13/h2-4,7-9,13H,5-6H2,1H3,(H,23,26)(H,24,28). The summed E-state index contributed by atoms with van der Waals surface area (Å²) in [5, 5.41) is 2.99. The Balaban J connectivity index is 1.82. The maximum Gasteiger partial charge on any atom is 0.271 e. The fraction of sp³-hybridized carbons (Fsp3) is 0.190. The van der Waals surface area contributed by atoms with Gasteiger partial charge in [0.1, 0.15) is 16.0 Å². The van der Waals surface area contributed by atoms with Crippen molar-refractivity contribution in [3.63, 3.8) is 0 Å². The van der Waals surface area contributed by atoms with Crippen LogP contribution in [0.25, 0.3) is 32.2 Å². The van der Waals surface area contributed by atoms with Crippen molar-refractivity contribution >= 4 is 44.2 Å². The molecule has 0 saturated heterocycles. The number of anilines is 1. The van der Waals surface area contributed by atoms with Crippen LogP contribution in [-0.4, -0.2) is 14.8 Å². The number of benzene rings is 2. The zero-order valence-corrected chi connectivity index (χ0v) is 16.2. The van der Waals surface area contributed by atoms with Gasteiger partial charge in [0, 0.05) is 29.6 Å². The van der Waals surface area contributed by atoms with Crippen molar-refractivity contribution in [3.8, 4) is 11.1 Å². The van der Waals surface area contributed by atoms with E-state index in [-0.39, 0.29) is 22.7 Å². The molecule has 146 valence electrons. The fourth-order valence-electron chi connectivity index (χ4n) is 3.74. The average Bonchev–Trinajstić information content (AvgIpc) is 3.44. The number of halogens is 1. The predicted molar refractivity (Wildman–Crippen MR) is 112 cm³/mol. The number of rotatable bonds is 3. The van der Waals surface area contributed by atoms with Crippen LogP contribution in [-0.2, 0) is 4.79 Å². The van der Waals surface area contributed by atoms with Crippen molar-refractivity contribution in [1.82, 2.24) is 8.94 Å². The summed E-state index contributed by atoms with van der Waals surface area (Å²) >= 11 is 1.14. The monoisotopic (exact) mass is 409 g/mol. The predicted octanol–water partition coefficient (Wildman–Crippen LogP) is 4.00. The van der Waals surface area contributed by atoms with E-state index in [1.807, 2.05) is 4.57 Å². The number of aromatic nitrogens is 2. The van der Waals surface area contributed by atoms with Gasteiger partial charge in [0.05, 0.1) is 5.52 Å². The Kier molecular flexibility index (Phi) is 3.92. The number of carbonyl (C=O) groups is 1. The number of nitrogens with zero attached hydrogens (tertiary/aromatic N) is 1. The summed E-state index contributed by atoms with van der Waals surface area (Å²) in [4.78, 5) is 37.0. The largest absolute Gasteiger partial charge is 0.328 e. The molecule has 0 radical (unpaired) electrons. The third-order valence-corrected chi connectivity index (χ3v) is 6.00. The molecule has 1 saturated carbocycles. The molecule has 1 amide bonds. The van der Waals surface area contributed by atoms with Crippen LogP contribution in [0, 0.1) is 5.82 Å². The smallest absolute Gasteiger partial charge is 0.271 e. The van der Waals surface area contributed by atoms with E-state index < -0.39 is 16.8 Å². The zero-order chi connectivity index (χ0) is 20.3. The molecule has 0 spiro atoms. The zero-order valence-electron chi connectivity index (χ0n) is 15.4. The average molecular weight is 409 g/mol. The van der Waals surface area contributed by atoms with Gasteiger partial charge >= 0.3 is 0 Å². The van der Waals surface area contributed by atoms with E-state index >= 15 is 4.39 Å². The molecular formula is C21H16FN3O3S. The van der Waals surface area contributed by atoms with Crippen LogP contribution in [0.4, 0.5) is 10.1 Å². The molecule has 2 aromatic carbocycles. The molecule has 0 atom stereocenters. The molecule has 2 heterocycles. The Morgan fingerprint density at radius 1 is 1.24 bits per heavy atom. The Labute approximate surface area is 167 Å². The quantitative estimate of drug-likeness (QED) is 0.536. The van der Waals surface area contributed by atoms with E-state index in [0.717, 1.165) is 24.4 Å². The molecule has 1 fully saturated rings. The van der Waals surface area contributed by atoms with Gasteiger partial charge in [-0.05, 0) is 54.2 Å². The van der Waals surface area contributed by atoms with E-state index in [0.29, 0.717) is 27.2 Å². The minimum atomic E-state index is -0.553. The van der Waals surface area contributed by atoms with Crippen molar-refractivity contribution in [3.05, 3.63) is 62.8 Å². The first-order valence-electron chi connectivity index (χ1n) is 9.21. The van der Waals surface area contributed by atoms with E-state index in [1.165, 1.54) is 13.0 Å². The van der Waals surface area contributed by atoms with Crippen LogP contribution >= 0.6 is 11.5 Å². The van der Waals surface area contributed by atoms with E-state index in [4.69, 9.17) is 0 Å². The number of nitrogens with one attached hydrogen (secondary N) is 2. The Morgan fingerprint density at radius 3 is 2.76 bits per heavy atom. The summed E-state index contributed by atoms with van der Waals surface area (Å²) in [6.07, 6.45) is 1.90. The molecule has 1 aliphatic carbocycles. The normalized spacial score (nSPS) is 13.9. The summed E-state index contributed by atoms with van der Waals surface area (Å²) in [5.74, 6) is -0.767. The van der Waals surface area contributed by atoms with Gasteiger partial charge in [0.2, 0.25) is 11.3 Å². The second-order valence-corrected chi connectivity index (χ2v) is 8.05. The Hall–Kier alpha value is -3.26. The number of hydrogen-bond donors (Lipinski definition) is 2. The van der Waals surface area contributed by atoms with Gasteiger partial charge < -0.3 is 9.88 Å². The molecule has 5 rings (SSSR count). The van der Waals surface area contributed by atoms with Gasteiger partial charge in [-0.3, -0.25) is 18.8 Å². The second kappa shape index (κ2) is 6.38. The first-order chi connectivity index (χ1) is 13.9. The van der Waals surface area contributed by atoms with Crippen LogP contribution in [0.15, 0.2) is 46.0 Å². The molecule has 29 heavy (non-hydrogen) atoms. The van der Waals surface area contributed by atoms with E-state index in [2.05, 4.69) is 9.69 Å². The lowest BCUT2D eigenvalue weighted by Crippen LogP contribution is -2.15. The molecule has 8 heteroatoms. The highest BCUT2D eigenvalue weighted by molar-refractivity contribution is 7.12. The van der Waals surface area contributed by atoms with Crippen molar-refractivity contribution in [2.45, 2.75) is 25.8 Å². The number of H-pyrrole nitrogens is 1. The molecule has 0 bridgehead atoms. The number of fused-ring (bicyclic) bond motifs is 2. The molecule has 1 aliphatic rings. The van der Waals surface area contributed by atoms with E-state index in [1.54, 1.807) is 30.3 Å². The van der Waals surface area contributed by atoms with Crippen LogP contribution in [0.3, 0.4) is 0 Å². The lowest BCUT2D eigenvalue weighted by molar-refractivity contribution is -0.114. The van der Waals surface area contributed by atoms with Crippen LogP contribution in [0.1, 0.15) is 25.8 Å². The summed E-state index contributed by atoms with van der Waals surface area (Å²) in [6.45, 7) is 1.41. The van der Waals surface area contributed by atoms with Crippen molar-refractivity contribution in [2.75, 3.05) is 5.32 Å². The number of pyridine rings is 1. The summed E-state index contributed by atoms with van der Waals surface area (Å²) < 4.78 is 19.7. The molecule has 0 unspecified atom stereocenters. The Bertz CT molecular complexity index is 1430. The van der Waals surface area contributed by atoms with Gasteiger partial charge in [-0.1, -0.05) is 12.1 Å². The molecule has 0 aliphatic heterocycles. The lowest BCUT2D eigenvalue weighted by Gasteiger charge is -2.14. The van der Waals surface area contributed by atoms with Crippen LogP contribution < -0.4 is 16.3 Å². The van der Waals surface area contributed by atoms with E-state index in [9.17, 15) is 14.4 Å². The number of aromatic amines is 1. The SMILES string of the molecule is CC(=O)Nc1cccc(-c2cc3c(cc2F)c(=O)c2c(=O)[nH]sc2n3C2CC2)c1. The van der Waals surface area contributed by atoms with Gasteiger partial charge in [-0.2, -0.15) is 0 Å². The van der Waals surface area contributed by atoms with Crippen molar-refractivity contribution in [1.29, 1.82) is 0 Å². The molecule has 2 N–H and O–H groups in total. The highest BCUT2D eigenvalue weighted by atomic mass is 32.1. The highest BCUT2D eigenvalue weighted by Crippen LogP contribution is 2.41. The lowest BCUT2D eigenvalue weighted by atomic mass is 10.0. The fourth-order valence-corrected chi connectivity index (χ4v) is 4.66.